The summed E-state index contributed by atoms with van der Waals surface area (Å²) in [5, 5.41) is 3.59. The maximum atomic E-state index is 5.57. The molecule has 24 heavy (non-hydrogen) atoms. The van der Waals surface area contributed by atoms with Gasteiger partial charge in [0.2, 0.25) is 0 Å². The Morgan fingerprint density at radius 2 is 1.92 bits per heavy atom. The van der Waals surface area contributed by atoms with E-state index in [1.54, 1.807) is 6.26 Å². The highest BCUT2D eigenvalue weighted by atomic mass is 16.5. The quantitative estimate of drug-likeness (QED) is 0.845. The molecule has 3 rings (SSSR count). The van der Waals surface area contributed by atoms with Crippen LogP contribution in [0.2, 0.25) is 0 Å². The van der Waals surface area contributed by atoms with Crippen LogP contribution in [0.15, 0.2) is 47.1 Å². The minimum absolute atomic E-state index is 0.232. The zero-order chi connectivity index (χ0) is 16.8. The molecule has 0 spiro atoms. The van der Waals surface area contributed by atoms with Crippen LogP contribution >= 0.6 is 0 Å². The van der Waals surface area contributed by atoms with Crippen LogP contribution in [0.5, 0.6) is 0 Å². The molecule has 1 atom stereocenters. The molecule has 2 heterocycles. The molecule has 1 aromatic heterocycles. The Bertz CT molecular complexity index is 607. The molecule has 0 amide bonds. The van der Waals surface area contributed by atoms with Gasteiger partial charge in [-0.2, -0.15) is 0 Å². The Labute approximate surface area is 144 Å². The van der Waals surface area contributed by atoms with Gasteiger partial charge in [-0.25, -0.2) is 0 Å². The van der Waals surface area contributed by atoms with Crippen LogP contribution in [0.25, 0.3) is 0 Å². The van der Waals surface area contributed by atoms with Crippen LogP contribution in [0, 0.1) is 0 Å². The zero-order valence-electron chi connectivity index (χ0n) is 14.6. The van der Waals surface area contributed by atoms with Crippen molar-refractivity contribution < 1.29 is 9.15 Å². The number of furan rings is 1. The Kier molecular flexibility index (Phi) is 5.91. The maximum absolute atomic E-state index is 5.57. The van der Waals surface area contributed by atoms with E-state index in [0.717, 1.165) is 45.2 Å². The first kappa shape index (κ1) is 17.0. The lowest BCUT2D eigenvalue weighted by Gasteiger charge is -2.31. The fourth-order valence-corrected chi connectivity index (χ4v) is 3.14. The predicted octanol–water partition coefficient (Wildman–Crippen LogP) is 2.51. The highest BCUT2D eigenvalue weighted by Gasteiger charge is 2.17. The highest BCUT2D eigenvalue weighted by molar-refractivity contribution is 5.53. The van der Waals surface area contributed by atoms with Gasteiger partial charge in [0.25, 0.3) is 0 Å². The van der Waals surface area contributed by atoms with Crippen LogP contribution in [-0.2, 0) is 11.3 Å². The molecule has 0 saturated carbocycles. The molecule has 5 nitrogen and oxygen atoms in total. The number of nitrogens with one attached hydrogen (secondary N) is 1. The van der Waals surface area contributed by atoms with Gasteiger partial charge in [0.15, 0.2) is 0 Å². The number of hydrogen-bond donors (Lipinski definition) is 1. The number of nitrogens with zero attached hydrogens (tertiary/aromatic N) is 2. The summed E-state index contributed by atoms with van der Waals surface area (Å²) in [4.78, 5) is 4.59. The van der Waals surface area contributed by atoms with Gasteiger partial charge in [-0.15, -0.1) is 0 Å². The van der Waals surface area contributed by atoms with Crippen molar-refractivity contribution in [3.8, 4) is 0 Å². The second-order valence-corrected chi connectivity index (χ2v) is 6.35. The summed E-state index contributed by atoms with van der Waals surface area (Å²) in [5.74, 6) is 0.994. The summed E-state index contributed by atoms with van der Waals surface area (Å²) in [7, 11) is 4.16. The fourth-order valence-electron chi connectivity index (χ4n) is 3.14. The largest absolute Gasteiger partial charge is 0.468 e. The molecule has 1 aromatic carbocycles. The van der Waals surface area contributed by atoms with Crippen LogP contribution in [-0.4, -0.2) is 51.8 Å². The molecule has 0 aliphatic carbocycles. The number of rotatable bonds is 7. The molecule has 1 aliphatic heterocycles. The Balaban J connectivity index is 1.62. The average molecular weight is 329 g/mol. The van der Waals surface area contributed by atoms with E-state index < -0.39 is 0 Å². The number of benzene rings is 1. The first-order chi connectivity index (χ1) is 11.8. The van der Waals surface area contributed by atoms with Crippen molar-refractivity contribution in [2.24, 2.45) is 0 Å². The van der Waals surface area contributed by atoms with Gasteiger partial charge in [0, 0.05) is 31.9 Å². The van der Waals surface area contributed by atoms with Gasteiger partial charge in [-0.3, -0.25) is 4.90 Å². The Hall–Kier alpha value is -1.82. The number of ether oxygens (including phenoxy) is 1. The third-order valence-corrected chi connectivity index (χ3v) is 4.49. The fraction of sp³-hybridized carbons (Fsp3) is 0.474. The molecule has 1 saturated heterocycles. The summed E-state index contributed by atoms with van der Waals surface area (Å²) in [6, 6.07) is 12.8. The van der Waals surface area contributed by atoms with E-state index >= 15 is 0 Å². The number of likely N-dealkylation sites (N-methyl/N-ethyl adjacent to an activating group) is 1. The van der Waals surface area contributed by atoms with Crippen molar-refractivity contribution in [1.29, 1.82) is 0 Å². The van der Waals surface area contributed by atoms with Crippen molar-refractivity contribution >= 4 is 5.69 Å². The second kappa shape index (κ2) is 8.33. The van der Waals surface area contributed by atoms with E-state index in [4.69, 9.17) is 9.15 Å². The number of morpholine rings is 1. The minimum atomic E-state index is 0.232. The van der Waals surface area contributed by atoms with Gasteiger partial charge in [0.05, 0.1) is 25.5 Å². The monoisotopic (exact) mass is 329 g/mol. The molecule has 1 unspecified atom stereocenters. The first-order valence-corrected chi connectivity index (χ1v) is 8.57. The smallest absolute Gasteiger partial charge is 0.122 e. The lowest BCUT2D eigenvalue weighted by atomic mass is 10.1. The maximum Gasteiger partial charge on any atom is 0.122 e. The molecule has 2 aromatic rings. The highest BCUT2D eigenvalue weighted by Crippen LogP contribution is 2.22. The number of hydrogen-bond acceptors (Lipinski definition) is 5. The van der Waals surface area contributed by atoms with Gasteiger partial charge in [0.1, 0.15) is 5.76 Å². The Morgan fingerprint density at radius 1 is 1.12 bits per heavy atom. The SMILES string of the molecule is CN(C)C(CNCc1ccccc1N1CCOCC1)c1ccco1. The van der Waals surface area contributed by atoms with E-state index in [1.807, 2.05) is 12.1 Å². The van der Waals surface area contributed by atoms with E-state index in [0.29, 0.717) is 0 Å². The van der Waals surface area contributed by atoms with Crippen LogP contribution in [0.4, 0.5) is 5.69 Å². The van der Waals surface area contributed by atoms with E-state index in [9.17, 15) is 0 Å². The number of anilines is 1. The van der Waals surface area contributed by atoms with Crippen molar-refractivity contribution in [3.63, 3.8) is 0 Å². The topological polar surface area (TPSA) is 40.9 Å². The molecule has 1 N–H and O–H groups in total. The molecule has 1 aliphatic rings. The third-order valence-electron chi connectivity index (χ3n) is 4.49. The summed E-state index contributed by atoms with van der Waals surface area (Å²) in [6.45, 7) is 5.23. The summed E-state index contributed by atoms with van der Waals surface area (Å²) in [5.41, 5.74) is 2.64. The van der Waals surface area contributed by atoms with E-state index in [1.165, 1.54) is 11.3 Å². The minimum Gasteiger partial charge on any atom is -0.468 e. The van der Waals surface area contributed by atoms with Gasteiger partial charge in [-0.05, 0) is 37.9 Å². The van der Waals surface area contributed by atoms with Crippen molar-refractivity contribution in [2.75, 3.05) is 51.8 Å². The molecular formula is C19H27N3O2. The molecule has 130 valence electrons. The van der Waals surface area contributed by atoms with Crippen LogP contribution in [0.3, 0.4) is 0 Å². The van der Waals surface area contributed by atoms with Crippen LogP contribution < -0.4 is 10.2 Å². The Morgan fingerprint density at radius 3 is 2.62 bits per heavy atom. The second-order valence-electron chi connectivity index (χ2n) is 6.35. The molecular weight excluding hydrogens is 302 g/mol. The summed E-state index contributed by atoms with van der Waals surface area (Å²) >= 11 is 0. The average Bonchev–Trinajstić information content (AvgIpc) is 3.13. The summed E-state index contributed by atoms with van der Waals surface area (Å²) < 4.78 is 11.0. The third kappa shape index (κ3) is 4.17. The van der Waals surface area contributed by atoms with Gasteiger partial charge in [-0.1, -0.05) is 18.2 Å². The van der Waals surface area contributed by atoms with Crippen molar-refractivity contribution in [3.05, 3.63) is 54.0 Å². The molecule has 0 bridgehead atoms. The molecule has 5 heteroatoms. The molecule has 1 fully saturated rings. The van der Waals surface area contributed by atoms with E-state index in [-0.39, 0.29) is 6.04 Å². The van der Waals surface area contributed by atoms with Gasteiger partial charge >= 0.3 is 0 Å². The predicted molar refractivity (Wildman–Crippen MR) is 96.3 cm³/mol. The van der Waals surface area contributed by atoms with Crippen LogP contribution in [0.1, 0.15) is 17.4 Å². The van der Waals surface area contributed by atoms with E-state index in [2.05, 4.69) is 53.5 Å². The lowest BCUT2D eigenvalue weighted by molar-refractivity contribution is 0.122. The van der Waals surface area contributed by atoms with Crippen molar-refractivity contribution in [2.45, 2.75) is 12.6 Å². The van der Waals surface area contributed by atoms with Crippen molar-refractivity contribution in [1.82, 2.24) is 10.2 Å². The lowest BCUT2D eigenvalue weighted by Crippen LogP contribution is -2.37. The number of para-hydroxylation sites is 1. The van der Waals surface area contributed by atoms with Gasteiger partial charge < -0.3 is 19.4 Å². The summed E-state index contributed by atoms with van der Waals surface area (Å²) in [6.07, 6.45) is 1.74. The molecule has 0 radical (unpaired) electrons. The standard InChI is InChI=1S/C19H27N3O2/c1-21(2)18(19-8-5-11-24-19)15-20-14-16-6-3-4-7-17(16)22-9-12-23-13-10-22/h3-8,11,18,20H,9-10,12-15H2,1-2H3. The first-order valence-electron chi connectivity index (χ1n) is 8.57. The zero-order valence-corrected chi connectivity index (χ0v) is 14.6. The normalized spacial score (nSPS) is 16.5.